The molecule has 28 heavy (non-hydrogen) atoms. The van der Waals surface area contributed by atoms with Gasteiger partial charge in [0.15, 0.2) is 22.5 Å². The quantitative estimate of drug-likeness (QED) is 0.540. The molecular formula is C18H18BrN5O3S. The summed E-state index contributed by atoms with van der Waals surface area (Å²) < 4.78 is 13.9. The van der Waals surface area contributed by atoms with E-state index >= 15 is 0 Å². The fraction of sp³-hybridized carbons (Fsp3) is 0.278. The zero-order valence-electron chi connectivity index (χ0n) is 15.1. The number of nitrogens with zero attached hydrogens (tertiary/aromatic N) is 3. The van der Waals surface area contributed by atoms with Gasteiger partial charge in [0.1, 0.15) is 5.52 Å². The van der Waals surface area contributed by atoms with E-state index in [4.69, 9.17) is 20.2 Å². The average Bonchev–Trinajstić information content (AvgIpc) is 3.24. The number of nitrogens with one attached hydrogen (secondary N) is 1. The summed E-state index contributed by atoms with van der Waals surface area (Å²) in [6, 6.07) is 5.72. The molecular weight excluding hydrogens is 446 g/mol. The van der Waals surface area contributed by atoms with Gasteiger partial charge in [0, 0.05) is 35.6 Å². The SMILES string of the molecule is CC(=O)NCCCn1c(Sc2cc3c(cc2Br)OCO3)nc2c(N)nccc21. The first kappa shape index (κ1) is 18.9. The number of amides is 1. The molecule has 0 saturated carbocycles. The van der Waals surface area contributed by atoms with Gasteiger partial charge in [0.25, 0.3) is 0 Å². The van der Waals surface area contributed by atoms with Gasteiger partial charge in [-0.25, -0.2) is 9.97 Å². The first-order valence-corrected chi connectivity index (χ1v) is 10.3. The summed E-state index contributed by atoms with van der Waals surface area (Å²) in [6.07, 6.45) is 2.44. The van der Waals surface area contributed by atoms with Crippen LogP contribution < -0.4 is 20.5 Å². The Bertz CT molecular complexity index is 1060. The highest BCUT2D eigenvalue weighted by atomic mass is 79.9. The van der Waals surface area contributed by atoms with Crippen LogP contribution in [0.25, 0.3) is 11.0 Å². The van der Waals surface area contributed by atoms with Gasteiger partial charge in [-0.15, -0.1) is 0 Å². The Balaban J connectivity index is 1.67. The normalized spacial score (nSPS) is 12.5. The summed E-state index contributed by atoms with van der Waals surface area (Å²) in [5.41, 5.74) is 7.61. The first-order chi connectivity index (χ1) is 13.5. The molecule has 8 nitrogen and oxygen atoms in total. The standard InChI is InChI=1S/C18H18BrN5O3S/c1-10(25)21-4-2-6-24-12-3-5-22-17(20)16(12)23-18(24)28-15-8-14-13(7-11(15)19)26-9-27-14/h3,5,7-8H,2,4,6,9H2,1H3,(H2,20,22)(H,21,25). The molecule has 1 aromatic carbocycles. The number of carbonyl (C=O) groups is 1. The number of benzene rings is 1. The monoisotopic (exact) mass is 463 g/mol. The predicted molar refractivity (Wildman–Crippen MR) is 110 cm³/mol. The van der Waals surface area contributed by atoms with Crippen LogP contribution in [0.5, 0.6) is 11.5 Å². The van der Waals surface area contributed by atoms with Gasteiger partial charge in [-0.1, -0.05) is 11.8 Å². The molecule has 1 aliphatic heterocycles. The minimum absolute atomic E-state index is 0.0391. The highest BCUT2D eigenvalue weighted by Crippen LogP contribution is 2.43. The van der Waals surface area contributed by atoms with Gasteiger partial charge in [-0.3, -0.25) is 4.79 Å². The minimum atomic E-state index is -0.0391. The number of halogens is 1. The second-order valence-corrected chi connectivity index (χ2v) is 8.05. The molecule has 0 aliphatic carbocycles. The Morgan fingerprint density at radius 3 is 2.96 bits per heavy atom. The summed E-state index contributed by atoms with van der Waals surface area (Å²) >= 11 is 5.10. The first-order valence-electron chi connectivity index (χ1n) is 8.65. The molecule has 0 atom stereocenters. The van der Waals surface area contributed by atoms with Crippen molar-refractivity contribution < 1.29 is 14.3 Å². The van der Waals surface area contributed by atoms with Gasteiger partial charge in [0.2, 0.25) is 12.7 Å². The van der Waals surface area contributed by atoms with Crippen molar-refractivity contribution in [3.8, 4) is 11.5 Å². The number of rotatable bonds is 6. The molecule has 1 amide bonds. The Kier molecular flexibility index (Phi) is 5.31. The van der Waals surface area contributed by atoms with Crippen LogP contribution in [0.2, 0.25) is 0 Å². The third kappa shape index (κ3) is 3.74. The lowest BCUT2D eigenvalue weighted by Gasteiger charge is -2.10. The number of nitrogen functional groups attached to an aromatic ring is 1. The molecule has 2 aromatic heterocycles. The zero-order valence-corrected chi connectivity index (χ0v) is 17.5. The molecule has 1 aliphatic rings. The summed E-state index contributed by atoms with van der Waals surface area (Å²) in [5.74, 6) is 1.78. The van der Waals surface area contributed by atoms with E-state index in [1.165, 1.54) is 18.7 Å². The predicted octanol–water partition coefficient (Wildman–Crippen LogP) is 3.18. The highest BCUT2D eigenvalue weighted by molar-refractivity contribution is 9.10. The molecule has 3 N–H and O–H groups in total. The van der Waals surface area contributed by atoms with Crippen molar-refractivity contribution >= 4 is 50.5 Å². The second kappa shape index (κ2) is 7.88. The third-order valence-electron chi connectivity index (χ3n) is 4.22. The molecule has 0 radical (unpaired) electrons. The Hall–Kier alpha value is -2.46. The number of hydrogen-bond acceptors (Lipinski definition) is 7. The number of carbonyl (C=O) groups excluding carboxylic acids is 1. The number of hydrogen-bond donors (Lipinski definition) is 2. The lowest BCUT2D eigenvalue weighted by molar-refractivity contribution is -0.118. The smallest absolute Gasteiger partial charge is 0.231 e. The van der Waals surface area contributed by atoms with Crippen molar-refractivity contribution in [2.75, 3.05) is 19.1 Å². The zero-order chi connectivity index (χ0) is 19.7. The van der Waals surface area contributed by atoms with Crippen molar-refractivity contribution in [2.24, 2.45) is 0 Å². The molecule has 0 unspecified atom stereocenters. The Morgan fingerprint density at radius 2 is 2.18 bits per heavy atom. The molecule has 0 spiro atoms. The maximum absolute atomic E-state index is 11.1. The molecule has 0 fully saturated rings. The van der Waals surface area contributed by atoms with Crippen LogP contribution in [0.15, 0.2) is 38.9 Å². The van der Waals surface area contributed by atoms with Crippen molar-refractivity contribution in [3.05, 3.63) is 28.9 Å². The average molecular weight is 464 g/mol. The van der Waals surface area contributed by atoms with Crippen LogP contribution in [0.4, 0.5) is 5.82 Å². The number of imidazole rings is 1. The van der Waals surface area contributed by atoms with E-state index in [-0.39, 0.29) is 12.7 Å². The van der Waals surface area contributed by atoms with Gasteiger partial charge in [-0.05, 0) is 40.5 Å². The summed E-state index contributed by atoms with van der Waals surface area (Å²) in [4.78, 5) is 20.9. The summed E-state index contributed by atoms with van der Waals surface area (Å²) in [6.45, 7) is 3.01. The number of fused-ring (bicyclic) bond motifs is 2. The molecule has 0 bridgehead atoms. The minimum Gasteiger partial charge on any atom is -0.454 e. The molecule has 3 heterocycles. The van der Waals surface area contributed by atoms with E-state index in [9.17, 15) is 4.79 Å². The van der Waals surface area contributed by atoms with Crippen molar-refractivity contribution in [2.45, 2.75) is 29.9 Å². The molecule has 3 aromatic rings. The summed E-state index contributed by atoms with van der Waals surface area (Å²) in [7, 11) is 0. The number of aryl methyl sites for hydroxylation is 1. The Morgan fingerprint density at radius 1 is 1.39 bits per heavy atom. The Labute approximate surface area is 173 Å². The highest BCUT2D eigenvalue weighted by Gasteiger charge is 2.20. The van der Waals surface area contributed by atoms with Gasteiger partial charge >= 0.3 is 0 Å². The van der Waals surface area contributed by atoms with Crippen LogP contribution in [-0.2, 0) is 11.3 Å². The van der Waals surface area contributed by atoms with E-state index in [1.54, 1.807) is 6.20 Å². The van der Waals surface area contributed by atoms with Crippen molar-refractivity contribution in [1.82, 2.24) is 19.9 Å². The van der Waals surface area contributed by atoms with Crippen LogP contribution in [-0.4, -0.2) is 33.8 Å². The lowest BCUT2D eigenvalue weighted by Crippen LogP contribution is -2.22. The topological polar surface area (TPSA) is 104 Å². The molecule has 4 rings (SSSR count). The fourth-order valence-electron chi connectivity index (χ4n) is 2.92. The van der Waals surface area contributed by atoms with Crippen LogP contribution in [0.3, 0.4) is 0 Å². The number of nitrogens with two attached hydrogens (primary N) is 1. The number of aromatic nitrogens is 3. The third-order valence-corrected chi connectivity index (χ3v) is 6.19. The fourth-order valence-corrected chi connectivity index (χ4v) is 4.44. The molecule has 0 saturated heterocycles. The van der Waals surface area contributed by atoms with Crippen LogP contribution in [0.1, 0.15) is 13.3 Å². The summed E-state index contributed by atoms with van der Waals surface area (Å²) in [5, 5.41) is 3.61. The van der Waals surface area contributed by atoms with Crippen molar-refractivity contribution in [1.29, 1.82) is 0 Å². The van der Waals surface area contributed by atoms with E-state index < -0.39 is 0 Å². The van der Waals surface area contributed by atoms with E-state index in [1.807, 2.05) is 18.2 Å². The largest absolute Gasteiger partial charge is 0.454 e. The molecule has 146 valence electrons. The molecule has 10 heteroatoms. The van der Waals surface area contributed by atoms with Gasteiger partial charge in [0.05, 0.1) is 5.52 Å². The lowest BCUT2D eigenvalue weighted by atomic mass is 10.3. The van der Waals surface area contributed by atoms with Crippen molar-refractivity contribution in [3.63, 3.8) is 0 Å². The van der Waals surface area contributed by atoms with Crippen LogP contribution >= 0.6 is 27.7 Å². The number of ether oxygens (including phenoxy) is 2. The van der Waals surface area contributed by atoms with Gasteiger partial charge < -0.3 is 25.1 Å². The second-order valence-electron chi connectivity index (χ2n) is 6.18. The van der Waals surface area contributed by atoms with Crippen LogP contribution in [0, 0.1) is 0 Å². The van der Waals surface area contributed by atoms with E-state index in [0.717, 1.165) is 26.5 Å². The number of anilines is 1. The van der Waals surface area contributed by atoms with E-state index in [0.29, 0.717) is 35.9 Å². The van der Waals surface area contributed by atoms with Gasteiger partial charge in [-0.2, -0.15) is 0 Å². The maximum Gasteiger partial charge on any atom is 0.231 e. The van der Waals surface area contributed by atoms with E-state index in [2.05, 4.69) is 30.8 Å². The maximum atomic E-state index is 11.1. The number of pyridine rings is 1.